The summed E-state index contributed by atoms with van der Waals surface area (Å²) in [6.07, 6.45) is 3.50. The molecule has 0 spiro atoms. The summed E-state index contributed by atoms with van der Waals surface area (Å²) in [5, 5.41) is 11.1. The SMILES string of the molecule is CCc1ccc(Oc2nccnc2Cl)c([N+](=O)[O-])c1. The molecule has 1 aromatic carbocycles. The zero-order valence-electron chi connectivity index (χ0n) is 10.0. The zero-order chi connectivity index (χ0) is 13.8. The molecule has 1 heterocycles. The molecule has 6 nitrogen and oxygen atoms in total. The molecule has 19 heavy (non-hydrogen) atoms. The lowest BCUT2D eigenvalue weighted by atomic mass is 10.1. The Bertz CT molecular complexity index is 619. The van der Waals surface area contributed by atoms with Gasteiger partial charge in [0.2, 0.25) is 5.75 Å². The van der Waals surface area contributed by atoms with Gasteiger partial charge in [-0.05, 0) is 18.1 Å². The normalized spacial score (nSPS) is 10.2. The summed E-state index contributed by atoms with van der Waals surface area (Å²) in [4.78, 5) is 18.2. The lowest BCUT2D eigenvalue weighted by Gasteiger charge is -2.07. The molecular formula is C12H10ClN3O3. The van der Waals surface area contributed by atoms with Crippen LogP contribution >= 0.6 is 11.6 Å². The fourth-order valence-corrected chi connectivity index (χ4v) is 1.64. The van der Waals surface area contributed by atoms with Crippen molar-refractivity contribution >= 4 is 17.3 Å². The number of hydrogen-bond donors (Lipinski definition) is 0. The average Bonchev–Trinajstić information content (AvgIpc) is 2.41. The molecule has 0 N–H and O–H groups in total. The van der Waals surface area contributed by atoms with Crippen molar-refractivity contribution in [1.82, 2.24) is 9.97 Å². The third-order valence-corrected chi connectivity index (χ3v) is 2.72. The molecule has 0 amide bonds. The molecular weight excluding hydrogens is 270 g/mol. The summed E-state index contributed by atoms with van der Waals surface area (Å²) in [7, 11) is 0. The minimum Gasteiger partial charge on any atom is -0.429 e. The molecule has 0 radical (unpaired) electrons. The second-order valence-electron chi connectivity index (χ2n) is 3.67. The molecule has 2 rings (SSSR count). The zero-order valence-corrected chi connectivity index (χ0v) is 10.8. The van der Waals surface area contributed by atoms with E-state index in [0.29, 0.717) is 6.42 Å². The van der Waals surface area contributed by atoms with E-state index in [1.165, 1.54) is 24.5 Å². The number of aryl methyl sites for hydroxylation is 1. The predicted molar refractivity (Wildman–Crippen MR) is 69.6 cm³/mol. The van der Waals surface area contributed by atoms with E-state index in [2.05, 4.69) is 9.97 Å². The van der Waals surface area contributed by atoms with Gasteiger partial charge >= 0.3 is 5.69 Å². The quantitative estimate of drug-likeness (QED) is 0.633. The van der Waals surface area contributed by atoms with Crippen molar-refractivity contribution in [3.63, 3.8) is 0 Å². The highest BCUT2D eigenvalue weighted by Crippen LogP contribution is 2.33. The van der Waals surface area contributed by atoms with Crippen LogP contribution < -0.4 is 4.74 Å². The van der Waals surface area contributed by atoms with Crippen molar-refractivity contribution in [1.29, 1.82) is 0 Å². The van der Waals surface area contributed by atoms with Gasteiger partial charge < -0.3 is 4.74 Å². The maximum atomic E-state index is 11.0. The van der Waals surface area contributed by atoms with Crippen molar-refractivity contribution in [3.05, 3.63) is 51.4 Å². The average molecular weight is 280 g/mol. The fraction of sp³-hybridized carbons (Fsp3) is 0.167. The monoisotopic (exact) mass is 279 g/mol. The first-order valence-electron chi connectivity index (χ1n) is 5.53. The van der Waals surface area contributed by atoms with Gasteiger partial charge in [-0.25, -0.2) is 9.97 Å². The number of benzene rings is 1. The Kier molecular flexibility index (Phi) is 3.91. The van der Waals surface area contributed by atoms with Crippen LogP contribution in [-0.2, 0) is 6.42 Å². The first-order valence-corrected chi connectivity index (χ1v) is 5.91. The van der Waals surface area contributed by atoms with Crippen molar-refractivity contribution in [3.8, 4) is 11.6 Å². The maximum Gasteiger partial charge on any atom is 0.311 e. The highest BCUT2D eigenvalue weighted by molar-refractivity contribution is 6.30. The smallest absolute Gasteiger partial charge is 0.311 e. The van der Waals surface area contributed by atoms with E-state index in [4.69, 9.17) is 16.3 Å². The molecule has 2 aromatic rings. The summed E-state index contributed by atoms with van der Waals surface area (Å²) in [6, 6.07) is 4.76. The molecule has 0 aliphatic heterocycles. The summed E-state index contributed by atoms with van der Waals surface area (Å²) < 4.78 is 5.35. The maximum absolute atomic E-state index is 11.0. The Hall–Kier alpha value is -2.21. The molecule has 0 unspecified atom stereocenters. The highest BCUT2D eigenvalue weighted by atomic mass is 35.5. The second kappa shape index (κ2) is 5.62. The number of nitro groups is 1. The van der Waals surface area contributed by atoms with Gasteiger partial charge in [0.05, 0.1) is 4.92 Å². The van der Waals surface area contributed by atoms with Crippen molar-refractivity contribution < 1.29 is 9.66 Å². The van der Waals surface area contributed by atoms with Crippen LogP contribution in [0.5, 0.6) is 11.6 Å². The molecule has 98 valence electrons. The van der Waals surface area contributed by atoms with Crippen LogP contribution in [0.25, 0.3) is 0 Å². The first kappa shape index (κ1) is 13.2. The first-order chi connectivity index (χ1) is 9.11. The number of rotatable bonds is 4. The van der Waals surface area contributed by atoms with Crippen LogP contribution in [0.3, 0.4) is 0 Å². The van der Waals surface area contributed by atoms with Gasteiger partial charge in [0.15, 0.2) is 5.15 Å². The van der Waals surface area contributed by atoms with E-state index >= 15 is 0 Å². The van der Waals surface area contributed by atoms with E-state index in [-0.39, 0.29) is 22.5 Å². The standard InChI is InChI=1S/C12H10ClN3O3/c1-2-8-3-4-10(9(7-8)16(17)18)19-12-11(13)14-5-6-15-12/h3-7H,2H2,1H3. The van der Waals surface area contributed by atoms with E-state index in [9.17, 15) is 10.1 Å². The Balaban J connectivity index is 2.40. The Labute approximate surface area is 114 Å². The lowest BCUT2D eigenvalue weighted by Crippen LogP contribution is -1.97. The van der Waals surface area contributed by atoms with Gasteiger partial charge in [-0.2, -0.15) is 0 Å². The van der Waals surface area contributed by atoms with Crippen LogP contribution in [0.2, 0.25) is 5.15 Å². The minimum atomic E-state index is -0.501. The van der Waals surface area contributed by atoms with Gasteiger partial charge in [-0.3, -0.25) is 10.1 Å². The summed E-state index contributed by atoms with van der Waals surface area (Å²) in [5.74, 6) is 0.126. The van der Waals surface area contributed by atoms with E-state index < -0.39 is 4.92 Å². The molecule has 0 saturated carbocycles. The van der Waals surface area contributed by atoms with Gasteiger partial charge in [0.25, 0.3) is 5.88 Å². The predicted octanol–water partition coefficient (Wildman–Crippen LogP) is 3.39. The van der Waals surface area contributed by atoms with Crippen molar-refractivity contribution in [2.24, 2.45) is 0 Å². The van der Waals surface area contributed by atoms with E-state index in [0.717, 1.165) is 5.56 Å². The minimum absolute atomic E-state index is 0.0384. The Morgan fingerprint density at radius 2 is 2.11 bits per heavy atom. The van der Waals surface area contributed by atoms with Gasteiger partial charge in [-0.15, -0.1) is 0 Å². The third kappa shape index (κ3) is 2.97. The summed E-state index contributed by atoms with van der Waals surface area (Å²) in [6.45, 7) is 1.92. The number of aromatic nitrogens is 2. The molecule has 0 aliphatic rings. The number of halogens is 1. The molecule has 0 bridgehead atoms. The summed E-state index contributed by atoms with van der Waals surface area (Å²) in [5.41, 5.74) is 0.727. The fourth-order valence-electron chi connectivity index (χ4n) is 1.49. The topological polar surface area (TPSA) is 78.2 Å². The largest absolute Gasteiger partial charge is 0.429 e. The van der Waals surface area contributed by atoms with Crippen LogP contribution in [0.4, 0.5) is 5.69 Å². The number of nitrogens with zero attached hydrogens (tertiary/aromatic N) is 3. The van der Waals surface area contributed by atoms with E-state index in [1.54, 1.807) is 6.07 Å². The highest BCUT2D eigenvalue weighted by Gasteiger charge is 2.18. The number of ether oxygens (including phenoxy) is 1. The summed E-state index contributed by atoms with van der Waals surface area (Å²) >= 11 is 5.80. The molecule has 7 heteroatoms. The molecule has 0 atom stereocenters. The van der Waals surface area contributed by atoms with Gasteiger partial charge in [0.1, 0.15) is 0 Å². The molecule has 0 fully saturated rings. The Morgan fingerprint density at radius 3 is 2.74 bits per heavy atom. The van der Waals surface area contributed by atoms with Crippen LogP contribution in [0.15, 0.2) is 30.6 Å². The molecule has 0 aliphatic carbocycles. The molecule has 0 saturated heterocycles. The number of nitro benzene ring substituents is 1. The third-order valence-electron chi connectivity index (χ3n) is 2.46. The van der Waals surface area contributed by atoms with Crippen LogP contribution in [0, 0.1) is 10.1 Å². The lowest BCUT2D eigenvalue weighted by molar-refractivity contribution is -0.385. The van der Waals surface area contributed by atoms with Crippen LogP contribution in [-0.4, -0.2) is 14.9 Å². The van der Waals surface area contributed by atoms with Crippen molar-refractivity contribution in [2.45, 2.75) is 13.3 Å². The van der Waals surface area contributed by atoms with Crippen LogP contribution in [0.1, 0.15) is 12.5 Å². The number of hydrogen-bond acceptors (Lipinski definition) is 5. The van der Waals surface area contributed by atoms with Gasteiger partial charge in [0, 0.05) is 18.5 Å². The van der Waals surface area contributed by atoms with Crippen molar-refractivity contribution in [2.75, 3.05) is 0 Å². The van der Waals surface area contributed by atoms with E-state index in [1.807, 2.05) is 6.92 Å². The molecule has 1 aromatic heterocycles. The second-order valence-corrected chi connectivity index (χ2v) is 4.03. The Morgan fingerprint density at radius 1 is 1.37 bits per heavy atom. The van der Waals surface area contributed by atoms with Gasteiger partial charge in [-0.1, -0.05) is 24.6 Å².